The zero-order chi connectivity index (χ0) is 12.2. The van der Waals surface area contributed by atoms with E-state index in [9.17, 15) is 8.42 Å². The second-order valence-electron chi connectivity index (χ2n) is 4.24. The summed E-state index contributed by atoms with van der Waals surface area (Å²) in [7, 11) is -3.17. The Balaban J connectivity index is 2.58. The lowest BCUT2D eigenvalue weighted by Gasteiger charge is -2.36. The maximum Gasteiger partial charge on any atom is 0.216 e. The molecule has 0 spiro atoms. The fraction of sp³-hybridized carbons (Fsp3) is 1.00. The van der Waals surface area contributed by atoms with Crippen LogP contribution in [0.3, 0.4) is 0 Å². The predicted molar refractivity (Wildman–Crippen MR) is 63.9 cm³/mol. The number of sulfonamides is 1. The summed E-state index contributed by atoms with van der Waals surface area (Å²) in [6.45, 7) is 7.90. The number of nitrogens with one attached hydrogen (secondary N) is 1. The van der Waals surface area contributed by atoms with Gasteiger partial charge in [-0.15, -0.1) is 0 Å². The summed E-state index contributed by atoms with van der Waals surface area (Å²) in [5.41, 5.74) is 0. The Labute approximate surface area is 98.2 Å². The number of rotatable bonds is 5. The number of hydrogen-bond acceptors (Lipinski definition) is 4. The minimum atomic E-state index is -3.17. The van der Waals surface area contributed by atoms with Crippen molar-refractivity contribution >= 4 is 10.0 Å². The van der Waals surface area contributed by atoms with E-state index >= 15 is 0 Å². The molecule has 0 radical (unpaired) electrons. The lowest BCUT2D eigenvalue weighted by atomic mass is 10.2. The van der Waals surface area contributed by atoms with E-state index in [-0.39, 0.29) is 24.4 Å². The van der Waals surface area contributed by atoms with Gasteiger partial charge in [-0.05, 0) is 20.8 Å². The molecular formula is C10H22N2O3S. The molecule has 1 heterocycles. The van der Waals surface area contributed by atoms with Gasteiger partial charge in [-0.1, -0.05) is 0 Å². The molecular weight excluding hydrogens is 228 g/mol. The Hall–Kier alpha value is -0.170. The Morgan fingerprint density at radius 3 is 2.75 bits per heavy atom. The molecule has 16 heavy (non-hydrogen) atoms. The van der Waals surface area contributed by atoms with Gasteiger partial charge in [0.1, 0.15) is 0 Å². The van der Waals surface area contributed by atoms with Gasteiger partial charge in [0.15, 0.2) is 0 Å². The summed E-state index contributed by atoms with van der Waals surface area (Å²) in [4.78, 5) is 0. The standard InChI is InChI=1S/C10H22N2O3S/c1-4-15-5-6-16(13,14)12-8-9(2)11-7-10(12)3/h9-11H,4-8H2,1-3H3. The molecule has 1 aliphatic rings. The Morgan fingerprint density at radius 1 is 1.44 bits per heavy atom. The number of nitrogens with zero attached hydrogens (tertiary/aromatic N) is 1. The molecule has 0 amide bonds. The van der Waals surface area contributed by atoms with E-state index in [1.807, 2.05) is 20.8 Å². The van der Waals surface area contributed by atoms with Crippen molar-refractivity contribution in [3.8, 4) is 0 Å². The third-order valence-electron chi connectivity index (χ3n) is 2.75. The highest BCUT2D eigenvalue weighted by Crippen LogP contribution is 2.12. The van der Waals surface area contributed by atoms with E-state index in [1.54, 1.807) is 4.31 Å². The van der Waals surface area contributed by atoms with E-state index in [0.29, 0.717) is 13.2 Å². The minimum absolute atomic E-state index is 0.0304. The largest absolute Gasteiger partial charge is 0.381 e. The van der Waals surface area contributed by atoms with Crippen molar-refractivity contribution < 1.29 is 13.2 Å². The molecule has 0 bridgehead atoms. The molecule has 1 saturated heterocycles. The molecule has 5 nitrogen and oxygen atoms in total. The molecule has 0 aromatic carbocycles. The van der Waals surface area contributed by atoms with Crippen LogP contribution in [0.2, 0.25) is 0 Å². The Morgan fingerprint density at radius 2 is 2.12 bits per heavy atom. The molecule has 2 atom stereocenters. The smallest absolute Gasteiger partial charge is 0.216 e. The Bertz CT molecular complexity index is 305. The fourth-order valence-corrected chi connectivity index (χ4v) is 3.44. The topological polar surface area (TPSA) is 58.6 Å². The van der Waals surface area contributed by atoms with Crippen molar-refractivity contribution in [3.05, 3.63) is 0 Å². The number of ether oxygens (including phenoxy) is 1. The van der Waals surface area contributed by atoms with Gasteiger partial charge in [-0.3, -0.25) is 0 Å². The maximum atomic E-state index is 12.0. The summed E-state index contributed by atoms with van der Waals surface area (Å²) < 4.78 is 30.8. The van der Waals surface area contributed by atoms with Gasteiger partial charge in [0.05, 0.1) is 12.4 Å². The highest BCUT2D eigenvalue weighted by atomic mass is 32.2. The van der Waals surface area contributed by atoms with Gasteiger partial charge in [0, 0.05) is 31.8 Å². The zero-order valence-electron chi connectivity index (χ0n) is 10.3. The third kappa shape index (κ3) is 3.69. The van der Waals surface area contributed by atoms with Crippen LogP contribution in [0.25, 0.3) is 0 Å². The van der Waals surface area contributed by atoms with Crippen LogP contribution in [-0.2, 0) is 14.8 Å². The minimum Gasteiger partial charge on any atom is -0.381 e. The quantitative estimate of drug-likeness (QED) is 0.700. The highest BCUT2D eigenvalue weighted by Gasteiger charge is 2.31. The van der Waals surface area contributed by atoms with Crippen LogP contribution in [0.5, 0.6) is 0 Å². The lowest BCUT2D eigenvalue weighted by Crippen LogP contribution is -2.56. The molecule has 0 aliphatic carbocycles. The molecule has 1 rings (SSSR count). The van der Waals surface area contributed by atoms with Crippen molar-refractivity contribution in [2.24, 2.45) is 0 Å². The van der Waals surface area contributed by atoms with Crippen LogP contribution >= 0.6 is 0 Å². The van der Waals surface area contributed by atoms with Gasteiger partial charge >= 0.3 is 0 Å². The lowest BCUT2D eigenvalue weighted by molar-refractivity contribution is 0.161. The van der Waals surface area contributed by atoms with Gasteiger partial charge in [0.25, 0.3) is 0 Å². The van der Waals surface area contributed by atoms with E-state index < -0.39 is 10.0 Å². The monoisotopic (exact) mass is 250 g/mol. The zero-order valence-corrected chi connectivity index (χ0v) is 11.1. The first-order chi connectivity index (χ1) is 7.47. The van der Waals surface area contributed by atoms with Crippen LogP contribution in [0.15, 0.2) is 0 Å². The van der Waals surface area contributed by atoms with Crippen LogP contribution in [0.1, 0.15) is 20.8 Å². The van der Waals surface area contributed by atoms with Crippen molar-refractivity contribution in [2.45, 2.75) is 32.9 Å². The average molecular weight is 250 g/mol. The summed E-state index contributed by atoms with van der Waals surface area (Å²) in [6.07, 6.45) is 0. The molecule has 0 aromatic rings. The van der Waals surface area contributed by atoms with E-state index in [1.165, 1.54) is 0 Å². The van der Waals surface area contributed by atoms with Crippen molar-refractivity contribution in [1.29, 1.82) is 0 Å². The van der Waals surface area contributed by atoms with E-state index in [2.05, 4.69) is 5.32 Å². The number of hydrogen-bond donors (Lipinski definition) is 1. The summed E-state index contributed by atoms with van der Waals surface area (Å²) in [6, 6.07) is 0.251. The maximum absolute atomic E-state index is 12.0. The molecule has 1 aliphatic heterocycles. The van der Waals surface area contributed by atoms with E-state index in [0.717, 1.165) is 6.54 Å². The first-order valence-electron chi connectivity index (χ1n) is 5.78. The van der Waals surface area contributed by atoms with Gasteiger partial charge in [-0.25, -0.2) is 8.42 Å². The molecule has 6 heteroatoms. The average Bonchev–Trinajstić information content (AvgIpc) is 2.22. The molecule has 1 fully saturated rings. The molecule has 0 aromatic heterocycles. The third-order valence-corrected chi connectivity index (χ3v) is 4.66. The normalized spacial score (nSPS) is 28.2. The SMILES string of the molecule is CCOCCS(=O)(=O)N1CC(C)NCC1C. The van der Waals surface area contributed by atoms with Crippen LogP contribution in [0.4, 0.5) is 0 Å². The highest BCUT2D eigenvalue weighted by molar-refractivity contribution is 7.89. The molecule has 1 N–H and O–H groups in total. The fourth-order valence-electron chi connectivity index (χ4n) is 1.80. The van der Waals surface area contributed by atoms with E-state index in [4.69, 9.17) is 4.74 Å². The molecule has 2 unspecified atom stereocenters. The van der Waals surface area contributed by atoms with Gasteiger partial charge in [-0.2, -0.15) is 4.31 Å². The van der Waals surface area contributed by atoms with Crippen LogP contribution in [-0.4, -0.2) is 56.9 Å². The van der Waals surface area contributed by atoms with Crippen molar-refractivity contribution in [1.82, 2.24) is 9.62 Å². The second-order valence-corrected chi connectivity index (χ2v) is 6.28. The number of piperazine rings is 1. The predicted octanol–water partition coefficient (Wildman–Crippen LogP) is 0.0349. The van der Waals surface area contributed by atoms with Crippen molar-refractivity contribution in [3.63, 3.8) is 0 Å². The van der Waals surface area contributed by atoms with Crippen molar-refractivity contribution in [2.75, 3.05) is 32.1 Å². The second kappa shape index (κ2) is 5.95. The molecule has 96 valence electrons. The first kappa shape index (κ1) is 13.9. The summed E-state index contributed by atoms with van der Waals surface area (Å²) in [5, 5.41) is 3.26. The van der Waals surface area contributed by atoms with Crippen LogP contribution in [0, 0.1) is 0 Å². The Kier molecular flexibility index (Phi) is 5.17. The van der Waals surface area contributed by atoms with Gasteiger partial charge < -0.3 is 10.1 Å². The van der Waals surface area contributed by atoms with Crippen LogP contribution < -0.4 is 5.32 Å². The summed E-state index contributed by atoms with van der Waals surface area (Å²) in [5.74, 6) is 0.0813. The van der Waals surface area contributed by atoms with Gasteiger partial charge in [0.2, 0.25) is 10.0 Å². The summed E-state index contributed by atoms with van der Waals surface area (Å²) >= 11 is 0. The molecule has 0 saturated carbocycles. The first-order valence-corrected chi connectivity index (χ1v) is 7.39.